The van der Waals surface area contributed by atoms with E-state index in [1.807, 2.05) is 0 Å². The highest BCUT2D eigenvalue weighted by Crippen LogP contribution is 2.26. The van der Waals surface area contributed by atoms with Gasteiger partial charge in [0.25, 0.3) is 0 Å². The molecule has 0 aliphatic carbocycles. The molecule has 1 nitrogen and oxygen atoms in total. The zero-order chi connectivity index (χ0) is 8.97. The van der Waals surface area contributed by atoms with Gasteiger partial charge in [-0.2, -0.15) is 0 Å². The first-order valence-electron chi connectivity index (χ1n) is 3.58. The number of halogens is 1. The van der Waals surface area contributed by atoms with Gasteiger partial charge in [-0.3, -0.25) is 0 Å². The zero-order valence-corrected chi connectivity index (χ0v) is 9.54. The lowest BCUT2D eigenvalue weighted by Crippen LogP contribution is -1.88. The minimum atomic E-state index is 0.838. The smallest absolute Gasteiger partial charge is 0.124 e. The maximum atomic E-state index is 5.24. The number of ether oxygens (including phenoxy) is 1. The van der Waals surface area contributed by atoms with Crippen molar-refractivity contribution >= 4 is 27.7 Å². The van der Waals surface area contributed by atoms with Gasteiger partial charge in [-0.1, -0.05) is 22.0 Å². The van der Waals surface area contributed by atoms with Gasteiger partial charge in [0, 0.05) is 15.8 Å². The summed E-state index contributed by atoms with van der Waals surface area (Å²) in [6.45, 7) is 0. The Labute approximate surface area is 85.6 Å². The lowest BCUT2D eigenvalue weighted by Gasteiger charge is -2.06. The van der Waals surface area contributed by atoms with Crippen molar-refractivity contribution in [3.05, 3.63) is 23.8 Å². The van der Waals surface area contributed by atoms with Crippen LogP contribution in [0.25, 0.3) is 0 Å². The lowest BCUT2D eigenvalue weighted by molar-refractivity contribution is 0.410. The van der Waals surface area contributed by atoms with Gasteiger partial charge in [0.05, 0.1) is 7.11 Å². The van der Waals surface area contributed by atoms with Gasteiger partial charge in [-0.05, 0) is 18.4 Å². The zero-order valence-electron chi connectivity index (χ0n) is 7.13. The SMILES string of the molecule is COc1cc(SC)ccc1CBr. The van der Waals surface area contributed by atoms with Crippen molar-refractivity contribution < 1.29 is 4.74 Å². The third kappa shape index (κ3) is 2.17. The van der Waals surface area contributed by atoms with Crippen LogP contribution < -0.4 is 4.74 Å². The molecule has 12 heavy (non-hydrogen) atoms. The van der Waals surface area contributed by atoms with Gasteiger partial charge in [-0.25, -0.2) is 0 Å². The van der Waals surface area contributed by atoms with Gasteiger partial charge < -0.3 is 4.74 Å². The predicted molar refractivity (Wildman–Crippen MR) is 57.4 cm³/mol. The maximum Gasteiger partial charge on any atom is 0.124 e. The molecule has 0 saturated carbocycles. The summed E-state index contributed by atoms with van der Waals surface area (Å²) in [5.74, 6) is 0.957. The van der Waals surface area contributed by atoms with Gasteiger partial charge in [0.15, 0.2) is 0 Å². The van der Waals surface area contributed by atoms with Crippen LogP contribution in [0.4, 0.5) is 0 Å². The topological polar surface area (TPSA) is 9.23 Å². The molecule has 0 amide bonds. The van der Waals surface area contributed by atoms with E-state index in [-0.39, 0.29) is 0 Å². The van der Waals surface area contributed by atoms with E-state index in [4.69, 9.17) is 4.74 Å². The molecule has 0 unspecified atom stereocenters. The van der Waals surface area contributed by atoms with Crippen LogP contribution in [0.1, 0.15) is 5.56 Å². The van der Waals surface area contributed by atoms with Gasteiger partial charge in [-0.15, -0.1) is 11.8 Å². The monoisotopic (exact) mass is 246 g/mol. The number of hydrogen-bond donors (Lipinski definition) is 0. The molecule has 0 fully saturated rings. The molecule has 0 aliphatic rings. The quantitative estimate of drug-likeness (QED) is 0.598. The van der Waals surface area contributed by atoms with E-state index < -0.39 is 0 Å². The van der Waals surface area contributed by atoms with Crippen molar-refractivity contribution in [2.45, 2.75) is 10.2 Å². The molecule has 1 rings (SSSR count). The summed E-state index contributed by atoms with van der Waals surface area (Å²) in [5, 5.41) is 0.838. The molecule has 0 heterocycles. The average Bonchev–Trinajstić information content (AvgIpc) is 2.16. The Bertz CT molecular complexity index is 263. The molecule has 0 aliphatic heterocycles. The van der Waals surface area contributed by atoms with Crippen LogP contribution in [0, 0.1) is 0 Å². The second-order valence-electron chi connectivity index (χ2n) is 2.31. The first-order valence-corrected chi connectivity index (χ1v) is 5.93. The van der Waals surface area contributed by atoms with Crippen molar-refractivity contribution in [1.29, 1.82) is 0 Å². The van der Waals surface area contributed by atoms with E-state index in [1.54, 1.807) is 18.9 Å². The Hall–Kier alpha value is -0.150. The summed E-state index contributed by atoms with van der Waals surface area (Å²) in [4.78, 5) is 1.23. The third-order valence-corrected chi connectivity index (χ3v) is 2.97. The van der Waals surface area contributed by atoms with Gasteiger partial charge in [0.2, 0.25) is 0 Å². The Balaban J connectivity index is 3.02. The molecule has 1 aromatic rings. The van der Waals surface area contributed by atoms with Crippen molar-refractivity contribution in [3.8, 4) is 5.75 Å². The van der Waals surface area contributed by atoms with Crippen molar-refractivity contribution in [1.82, 2.24) is 0 Å². The van der Waals surface area contributed by atoms with Crippen LogP contribution in [0.5, 0.6) is 5.75 Å². The number of alkyl halides is 1. The number of hydrogen-bond acceptors (Lipinski definition) is 2. The summed E-state index contributed by atoms with van der Waals surface area (Å²) >= 11 is 5.13. The highest BCUT2D eigenvalue weighted by atomic mass is 79.9. The molecule has 1 aromatic carbocycles. The van der Waals surface area contributed by atoms with Crippen molar-refractivity contribution in [3.63, 3.8) is 0 Å². The molecule has 3 heteroatoms. The Morgan fingerprint density at radius 3 is 2.75 bits per heavy atom. The molecular weight excluding hydrogens is 236 g/mol. The van der Waals surface area contributed by atoms with E-state index in [0.29, 0.717) is 0 Å². The van der Waals surface area contributed by atoms with Crippen molar-refractivity contribution in [2.75, 3.05) is 13.4 Å². The van der Waals surface area contributed by atoms with E-state index in [2.05, 4.69) is 40.4 Å². The second-order valence-corrected chi connectivity index (χ2v) is 3.75. The van der Waals surface area contributed by atoms with E-state index in [0.717, 1.165) is 11.1 Å². The molecule has 0 saturated heterocycles. The molecule has 0 aromatic heterocycles. The van der Waals surface area contributed by atoms with Crippen LogP contribution in [0.2, 0.25) is 0 Å². The van der Waals surface area contributed by atoms with Gasteiger partial charge >= 0.3 is 0 Å². The number of benzene rings is 1. The third-order valence-electron chi connectivity index (χ3n) is 1.64. The average molecular weight is 247 g/mol. The number of rotatable bonds is 3. The Kier molecular flexibility index (Phi) is 3.95. The fraction of sp³-hybridized carbons (Fsp3) is 0.333. The maximum absolute atomic E-state index is 5.24. The summed E-state index contributed by atoms with van der Waals surface area (Å²) in [7, 11) is 1.70. The number of methoxy groups -OCH3 is 1. The summed E-state index contributed by atoms with van der Waals surface area (Å²) in [5.41, 5.74) is 1.19. The minimum absolute atomic E-state index is 0.838. The standard InChI is InChI=1S/C9H11BrOS/c1-11-9-5-8(12-2)4-3-7(9)6-10/h3-5H,6H2,1-2H3. The van der Waals surface area contributed by atoms with Gasteiger partial charge in [0.1, 0.15) is 5.75 Å². The Morgan fingerprint density at radius 2 is 2.25 bits per heavy atom. The fourth-order valence-electron chi connectivity index (χ4n) is 0.962. The lowest BCUT2D eigenvalue weighted by atomic mass is 10.2. The minimum Gasteiger partial charge on any atom is -0.496 e. The Morgan fingerprint density at radius 1 is 1.50 bits per heavy atom. The van der Waals surface area contributed by atoms with Crippen LogP contribution in [-0.2, 0) is 5.33 Å². The molecule has 0 spiro atoms. The normalized spacial score (nSPS) is 9.92. The number of thioether (sulfide) groups is 1. The van der Waals surface area contributed by atoms with E-state index in [1.165, 1.54) is 10.5 Å². The fourth-order valence-corrected chi connectivity index (χ4v) is 1.85. The van der Waals surface area contributed by atoms with Crippen LogP contribution in [0.15, 0.2) is 23.1 Å². The summed E-state index contributed by atoms with van der Waals surface area (Å²) in [6.07, 6.45) is 2.06. The van der Waals surface area contributed by atoms with Crippen LogP contribution in [0.3, 0.4) is 0 Å². The van der Waals surface area contributed by atoms with Crippen LogP contribution >= 0.6 is 27.7 Å². The molecule has 0 N–H and O–H groups in total. The molecule has 0 atom stereocenters. The first kappa shape index (κ1) is 9.93. The molecular formula is C9H11BrOS. The summed E-state index contributed by atoms with van der Waals surface area (Å²) < 4.78 is 5.24. The first-order chi connectivity index (χ1) is 5.81. The van der Waals surface area contributed by atoms with Crippen LogP contribution in [-0.4, -0.2) is 13.4 Å². The molecule has 0 radical (unpaired) electrons. The second kappa shape index (κ2) is 4.77. The highest BCUT2D eigenvalue weighted by Gasteiger charge is 2.01. The predicted octanol–water partition coefficient (Wildman–Crippen LogP) is 3.31. The highest BCUT2D eigenvalue weighted by molar-refractivity contribution is 9.08. The largest absolute Gasteiger partial charge is 0.496 e. The molecule has 0 bridgehead atoms. The van der Waals surface area contributed by atoms with E-state index >= 15 is 0 Å². The summed E-state index contributed by atoms with van der Waals surface area (Å²) in [6, 6.07) is 6.24. The van der Waals surface area contributed by atoms with E-state index in [9.17, 15) is 0 Å². The van der Waals surface area contributed by atoms with Crippen molar-refractivity contribution in [2.24, 2.45) is 0 Å². The molecule has 66 valence electrons.